The average molecular weight is 278 g/mol. The van der Waals surface area contributed by atoms with Crippen LogP contribution in [0.4, 0.5) is 0 Å². The van der Waals surface area contributed by atoms with E-state index in [1.807, 2.05) is 6.92 Å². The number of primary amides is 1. The van der Waals surface area contributed by atoms with Crippen molar-refractivity contribution < 1.29 is 9.53 Å². The third kappa shape index (κ3) is 4.23. The van der Waals surface area contributed by atoms with Gasteiger partial charge in [-0.1, -0.05) is 12.1 Å². The van der Waals surface area contributed by atoms with Gasteiger partial charge in [0.1, 0.15) is 5.75 Å². The van der Waals surface area contributed by atoms with Crippen molar-refractivity contribution >= 4 is 5.91 Å². The molecule has 4 heteroatoms. The zero-order valence-corrected chi connectivity index (χ0v) is 13.0. The molecule has 0 spiro atoms. The smallest absolute Gasteiger partial charge is 0.237 e. The van der Waals surface area contributed by atoms with Gasteiger partial charge in [0.2, 0.25) is 5.91 Å². The highest BCUT2D eigenvalue weighted by molar-refractivity contribution is 5.83. The van der Waals surface area contributed by atoms with Crippen LogP contribution in [-0.2, 0) is 4.79 Å². The average Bonchev–Trinajstić information content (AvgIpc) is 2.37. The Morgan fingerprint density at radius 3 is 2.40 bits per heavy atom. The minimum atomic E-state index is -0.921. The number of hydrogen-bond donors (Lipinski definition) is 2. The maximum absolute atomic E-state index is 11.1. The van der Waals surface area contributed by atoms with Gasteiger partial charge in [0, 0.05) is 0 Å². The van der Waals surface area contributed by atoms with Crippen LogP contribution in [0, 0.1) is 20.8 Å². The highest BCUT2D eigenvalue weighted by atomic mass is 16.5. The number of benzene rings is 1. The fourth-order valence-corrected chi connectivity index (χ4v) is 2.04. The van der Waals surface area contributed by atoms with Crippen molar-refractivity contribution in [3.8, 4) is 5.75 Å². The van der Waals surface area contributed by atoms with Crippen LogP contribution in [0.5, 0.6) is 5.75 Å². The summed E-state index contributed by atoms with van der Waals surface area (Å²) in [6, 6.07) is 4.17. The van der Waals surface area contributed by atoms with Crippen LogP contribution in [0.25, 0.3) is 0 Å². The first-order chi connectivity index (χ1) is 9.25. The summed E-state index contributed by atoms with van der Waals surface area (Å²) in [7, 11) is 0. The quantitative estimate of drug-likeness (QED) is 0.751. The van der Waals surface area contributed by atoms with E-state index >= 15 is 0 Å². The first-order valence-electron chi connectivity index (χ1n) is 7.04. The molecule has 1 unspecified atom stereocenters. The Hall–Kier alpha value is -1.55. The van der Waals surface area contributed by atoms with E-state index < -0.39 is 11.4 Å². The molecule has 1 aromatic carbocycles. The second kappa shape index (κ2) is 6.75. The lowest BCUT2D eigenvalue weighted by Gasteiger charge is -2.20. The minimum absolute atomic E-state index is 0.455. The number of nitrogens with two attached hydrogens (primary N) is 2. The van der Waals surface area contributed by atoms with Crippen molar-refractivity contribution in [3.05, 3.63) is 28.8 Å². The molecule has 112 valence electrons. The fraction of sp³-hybridized carbons (Fsp3) is 0.562. The summed E-state index contributed by atoms with van der Waals surface area (Å²) in [5, 5.41) is 0. The fourth-order valence-electron chi connectivity index (χ4n) is 2.04. The van der Waals surface area contributed by atoms with Crippen molar-refractivity contribution in [3.63, 3.8) is 0 Å². The minimum Gasteiger partial charge on any atom is -0.493 e. The van der Waals surface area contributed by atoms with E-state index in [1.165, 1.54) is 11.1 Å². The molecule has 0 aliphatic rings. The molecule has 1 atom stereocenters. The summed E-state index contributed by atoms with van der Waals surface area (Å²) < 4.78 is 5.87. The van der Waals surface area contributed by atoms with Crippen molar-refractivity contribution in [1.82, 2.24) is 0 Å². The second-order valence-corrected chi connectivity index (χ2v) is 5.74. The van der Waals surface area contributed by atoms with Crippen molar-refractivity contribution in [2.24, 2.45) is 11.5 Å². The lowest BCUT2D eigenvalue weighted by Crippen LogP contribution is -2.49. The molecule has 20 heavy (non-hydrogen) atoms. The van der Waals surface area contributed by atoms with Crippen molar-refractivity contribution in [2.75, 3.05) is 6.61 Å². The van der Waals surface area contributed by atoms with Gasteiger partial charge in [-0.15, -0.1) is 0 Å². The summed E-state index contributed by atoms with van der Waals surface area (Å²) in [6.07, 6.45) is 2.25. The lowest BCUT2D eigenvalue weighted by molar-refractivity contribution is -0.122. The summed E-state index contributed by atoms with van der Waals surface area (Å²) in [6.45, 7) is 8.49. The predicted octanol–water partition coefficient (Wildman–Crippen LogP) is 2.36. The first kappa shape index (κ1) is 16.5. The largest absolute Gasteiger partial charge is 0.493 e. The van der Waals surface area contributed by atoms with E-state index in [4.69, 9.17) is 16.2 Å². The van der Waals surface area contributed by atoms with Crippen LogP contribution in [0.1, 0.15) is 42.9 Å². The summed E-state index contributed by atoms with van der Waals surface area (Å²) in [5.74, 6) is 0.513. The van der Waals surface area contributed by atoms with Gasteiger partial charge in [-0.25, -0.2) is 0 Å². The summed E-state index contributed by atoms with van der Waals surface area (Å²) in [4.78, 5) is 11.1. The van der Waals surface area contributed by atoms with Gasteiger partial charge >= 0.3 is 0 Å². The lowest BCUT2D eigenvalue weighted by atomic mass is 9.96. The molecule has 0 radical (unpaired) electrons. The van der Waals surface area contributed by atoms with E-state index in [0.29, 0.717) is 13.0 Å². The Morgan fingerprint density at radius 2 is 1.80 bits per heavy atom. The highest BCUT2D eigenvalue weighted by Gasteiger charge is 2.24. The highest BCUT2D eigenvalue weighted by Crippen LogP contribution is 2.26. The Balaban J connectivity index is 2.43. The summed E-state index contributed by atoms with van der Waals surface area (Å²) in [5.41, 5.74) is 13.7. The van der Waals surface area contributed by atoms with E-state index in [2.05, 4.69) is 26.0 Å². The summed E-state index contributed by atoms with van der Waals surface area (Å²) >= 11 is 0. The number of hydrogen-bond acceptors (Lipinski definition) is 3. The van der Waals surface area contributed by atoms with Gasteiger partial charge in [-0.3, -0.25) is 4.79 Å². The molecule has 1 amide bonds. The molecule has 0 heterocycles. The van der Waals surface area contributed by atoms with E-state index in [-0.39, 0.29) is 0 Å². The third-order valence-corrected chi connectivity index (χ3v) is 3.77. The number of ether oxygens (including phenoxy) is 1. The topological polar surface area (TPSA) is 78.3 Å². The number of rotatable bonds is 7. The number of unbranched alkanes of at least 4 members (excludes halogenated alkanes) is 1. The maximum atomic E-state index is 11.1. The molecular formula is C16H26N2O2. The van der Waals surface area contributed by atoms with E-state index in [9.17, 15) is 4.79 Å². The molecule has 0 aliphatic carbocycles. The number of amides is 1. The van der Waals surface area contributed by atoms with Gasteiger partial charge in [0.05, 0.1) is 12.1 Å². The monoisotopic (exact) mass is 278 g/mol. The molecule has 4 N–H and O–H groups in total. The molecule has 0 saturated carbocycles. The van der Waals surface area contributed by atoms with Crippen LogP contribution in [-0.4, -0.2) is 18.1 Å². The Kier molecular flexibility index (Phi) is 5.57. The van der Waals surface area contributed by atoms with Gasteiger partial charge < -0.3 is 16.2 Å². The zero-order chi connectivity index (χ0) is 15.3. The standard InChI is InChI=1S/C16H26N2O2/c1-11-7-8-12(2)14(13(11)3)20-10-6-5-9-16(4,18)15(17)19/h7-8H,5-6,9-10,18H2,1-4H3,(H2,17,19). The molecule has 1 aromatic rings. The van der Waals surface area contributed by atoms with E-state index in [0.717, 1.165) is 24.2 Å². The number of carbonyl (C=O) groups is 1. The van der Waals surface area contributed by atoms with Crippen LogP contribution < -0.4 is 16.2 Å². The van der Waals surface area contributed by atoms with Gasteiger partial charge in [0.25, 0.3) is 0 Å². The Labute approximate surface area is 121 Å². The van der Waals surface area contributed by atoms with Crippen LogP contribution >= 0.6 is 0 Å². The van der Waals surface area contributed by atoms with Crippen molar-refractivity contribution in [2.45, 2.75) is 52.5 Å². The second-order valence-electron chi connectivity index (χ2n) is 5.74. The molecule has 0 aromatic heterocycles. The van der Waals surface area contributed by atoms with Gasteiger partial charge in [0.15, 0.2) is 0 Å². The zero-order valence-electron chi connectivity index (χ0n) is 13.0. The molecule has 0 aliphatic heterocycles. The molecule has 1 rings (SSSR count). The predicted molar refractivity (Wildman–Crippen MR) is 81.8 cm³/mol. The molecule has 0 saturated heterocycles. The van der Waals surface area contributed by atoms with Crippen LogP contribution in [0.15, 0.2) is 12.1 Å². The first-order valence-corrected chi connectivity index (χ1v) is 7.04. The SMILES string of the molecule is Cc1ccc(C)c(OCCCCC(C)(N)C(N)=O)c1C. The van der Waals surface area contributed by atoms with Gasteiger partial charge in [-0.05, 0) is 63.6 Å². The normalized spacial score (nSPS) is 13.8. The van der Waals surface area contributed by atoms with E-state index in [1.54, 1.807) is 6.92 Å². The molecule has 0 fully saturated rings. The molecule has 4 nitrogen and oxygen atoms in total. The molecular weight excluding hydrogens is 252 g/mol. The Bertz CT molecular complexity index is 482. The van der Waals surface area contributed by atoms with Crippen LogP contribution in [0.3, 0.4) is 0 Å². The van der Waals surface area contributed by atoms with Crippen LogP contribution in [0.2, 0.25) is 0 Å². The Morgan fingerprint density at radius 1 is 1.20 bits per heavy atom. The van der Waals surface area contributed by atoms with Crippen molar-refractivity contribution in [1.29, 1.82) is 0 Å². The maximum Gasteiger partial charge on any atom is 0.237 e. The number of carbonyl (C=O) groups excluding carboxylic acids is 1. The molecule has 0 bridgehead atoms. The number of aryl methyl sites for hydroxylation is 2. The third-order valence-electron chi connectivity index (χ3n) is 3.77. The van der Waals surface area contributed by atoms with Gasteiger partial charge in [-0.2, -0.15) is 0 Å².